The fourth-order valence-corrected chi connectivity index (χ4v) is 5.86. The number of sulfonamides is 1. The first-order valence-electron chi connectivity index (χ1n) is 5.25. The maximum absolute atomic E-state index is 12.3. The van der Waals surface area contributed by atoms with Crippen molar-refractivity contribution in [1.82, 2.24) is 4.31 Å². The quantitative estimate of drug-likeness (QED) is 0.802. The van der Waals surface area contributed by atoms with E-state index in [-0.39, 0.29) is 6.04 Å². The van der Waals surface area contributed by atoms with Crippen LogP contribution < -0.4 is 0 Å². The van der Waals surface area contributed by atoms with Crippen LogP contribution in [0.25, 0.3) is 0 Å². The molecule has 1 unspecified atom stereocenters. The minimum atomic E-state index is -3.34. The standard InChI is InChI=1S/C10H14ClNO2S3/c1-12(8-2-3-15-6-8)17(13,14)10-4-9(5-11)16-7-10/h4,7-8H,2-3,5-6H2,1H3. The third kappa shape index (κ3) is 2.81. The Bertz CT molecular complexity index is 479. The van der Waals surface area contributed by atoms with Crippen molar-refractivity contribution in [1.29, 1.82) is 0 Å². The lowest BCUT2D eigenvalue weighted by molar-refractivity contribution is 0.395. The van der Waals surface area contributed by atoms with Crippen LogP contribution in [0.2, 0.25) is 0 Å². The number of halogens is 1. The second-order valence-electron chi connectivity index (χ2n) is 3.92. The van der Waals surface area contributed by atoms with E-state index in [4.69, 9.17) is 11.6 Å². The van der Waals surface area contributed by atoms with Crippen molar-refractivity contribution in [2.75, 3.05) is 18.6 Å². The van der Waals surface area contributed by atoms with Crippen LogP contribution in [-0.2, 0) is 15.9 Å². The van der Waals surface area contributed by atoms with Crippen molar-refractivity contribution in [2.45, 2.75) is 23.2 Å². The molecule has 1 aromatic rings. The van der Waals surface area contributed by atoms with Gasteiger partial charge < -0.3 is 0 Å². The van der Waals surface area contributed by atoms with Crippen molar-refractivity contribution in [2.24, 2.45) is 0 Å². The number of thiophene rings is 1. The highest BCUT2D eigenvalue weighted by Gasteiger charge is 2.30. The van der Waals surface area contributed by atoms with Crippen LogP contribution in [0.4, 0.5) is 0 Å². The second-order valence-corrected chi connectivity index (χ2v) is 8.33. The van der Waals surface area contributed by atoms with Gasteiger partial charge in [-0.2, -0.15) is 16.1 Å². The van der Waals surface area contributed by atoms with Crippen molar-refractivity contribution in [3.05, 3.63) is 16.3 Å². The molecule has 1 atom stereocenters. The first kappa shape index (κ1) is 13.7. The van der Waals surface area contributed by atoms with Crippen LogP contribution in [0.15, 0.2) is 16.3 Å². The van der Waals surface area contributed by atoms with Crippen molar-refractivity contribution >= 4 is 44.7 Å². The van der Waals surface area contributed by atoms with E-state index in [1.54, 1.807) is 30.3 Å². The number of rotatable bonds is 4. The SMILES string of the molecule is CN(C1CCSC1)S(=O)(=O)c1csc(CCl)c1. The molecule has 2 rings (SSSR count). The highest BCUT2D eigenvalue weighted by atomic mass is 35.5. The zero-order chi connectivity index (χ0) is 12.5. The molecular weight excluding hydrogens is 298 g/mol. The monoisotopic (exact) mass is 311 g/mol. The van der Waals surface area contributed by atoms with Gasteiger partial charge in [-0.15, -0.1) is 22.9 Å². The van der Waals surface area contributed by atoms with E-state index in [0.717, 1.165) is 22.8 Å². The molecule has 1 saturated heterocycles. The molecule has 0 N–H and O–H groups in total. The Balaban J connectivity index is 2.22. The second kappa shape index (κ2) is 5.48. The van der Waals surface area contributed by atoms with E-state index in [1.165, 1.54) is 15.6 Å². The molecule has 1 aliphatic heterocycles. The van der Waals surface area contributed by atoms with Gasteiger partial charge in [0.25, 0.3) is 0 Å². The van der Waals surface area contributed by atoms with E-state index in [9.17, 15) is 8.42 Å². The zero-order valence-electron chi connectivity index (χ0n) is 9.43. The summed E-state index contributed by atoms with van der Waals surface area (Å²) < 4.78 is 26.2. The summed E-state index contributed by atoms with van der Waals surface area (Å²) in [6.45, 7) is 0. The molecule has 2 heterocycles. The molecule has 1 fully saturated rings. The molecule has 1 aliphatic rings. The predicted molar refractivity (Wildman–Crippen MR) is 74.6 cm³/mol. The fourth-order valence-electron chi connectivity index (χ4n) is 1.74. The number of hydrogen-bond donors (Lipinski definition) is 0. The van der Waals surface area contributed by atoms with Crippen molar-refractivity contribution < 1.29 is 8.42 Å². The van der Waals surface area contributed by atoms with Crippen LogP contribution in [0.5, 0.6) is 0 Å². The van der Waals surface area contributed by atoms with E-state index in [1.807, 2.05) is 0 Å². The molecule has 1 aromatic heterocycles. The first-order valence-corrected chi connectivity index (χ1v) is 9.25. The molecule has 0 spiro atoms. The minimum absolute atomic E-state index is 0.129. The summed E-state index contributed by atoms with van der Waals surface area (Å²) in [5, 5.41) is 1.67. The molecule has 7 heteroatoms. The average molecular weight is 312 g/mol. The Labute approximate surface area is 115 Å². The molecule has 17 heavy (non-hydrogen) atoms. The maximum Gasteiger partial charge on any atom is 0.243 e. The zero-order valence-corrected chi connectivity index (χ0v) is 12.6. The van der Waals surface area contributed by atoms with Gasteiger partial charge >= 0.3 is 0 Å². The Morgan fingerprint density at radius 3 is 2.88 bits per heavy atom. The molecular formula is C10H14ClNO2S3. The summed E-state index contributed by atoms with van der Waals surface area (Å²) >= 11 is 8.90. The lowest BCUT2D eigenvalue weighted by Crippen LogP contribution is -2.36. The summed E-state index contributed by atoms with van der Waals surface area (Å²) in [6.07, 6.45) is 0.937. The summed E-state index contributed by atoms with van der Waals surface area (Å²) in [7, 11) is -1.67. The molecule has 96 valence electrons. The van der Waals surface area contributed by atoms with Gasteiger partial charge in [-0.3, -0.25) is 0 Å². The number of alkyl halides is 1. The predicted octanol–water partition coefficient (Wildman–Crippen LogP) is 2.61. The maximum atomic E-state index is 12.3. The topological polar surface area (TPSA) is 37.4 Å². The number of thioether (sulfide) groups is 1. The highest BCUT2D eigenvalue weighted by Crippen LogP contribution is 2.28. The van der Waals surface area contributed by atoms with Gasteiger partial charge in [0.05, 0.1) is 10.8 Å². The van der Waals surface area contributed by atoms with Gasteiger partial charge in [-0.05, 0) is 18.2 Å². The van der Waals surface area contributed by atoms with Gasteiger partial charge in [-0.1, -0.05) is 0 Å². The van der Waals surface area contributed by atoms with Gasteiger partial charge in [0, 0.05) is 29.1 Å². The van der Waals surface area contributed by atoms with Crippen LogP contribution in [0, 0.1) is 0 Å². The molecule has 3 nitrogen and oxygen atoms in total. The van der Waals surface area contributed by atoms with E-state index < -0.39 is 10.0 Å². The Hall–Kier alpha value is 0.250. The van der Waals surface area contributed by atoms with Gasteiger partial charge in [0.2, 0.25) is 10.0 Å². The third-order valence-corrected chi connectivity index (χ3v) is 7.42. The molecule has 0 radical (unpaired) electrons. The smallest absolute Gasteiger partial charge is 0.207 e. The van der Waals surface area contributed by atoms with Crippen LogP contribution >= 0.6 is 34.7 Å². The van der Waals surface area contributed by atoms with Gasteiger partial charge in [-0.25, -0.2) is 8.42 Å². The lowest BCUT2D eigenvalue weighted by Gasteiger charge is -2.22. The van der Waals surface area contributed by atoms with E-state index >= 15 is 0 Å². The summed E-state index contributed by atoms with van der Waals surface area (Å²) in [5.41, 5.74) is 0. The first-order chi connectivity index (χ1) is 8.05. The average Bonchev–Trinajstić information content (AvgIpc) is 2.98. The van der Waals surface area contributed by atoms with Gasteiger partial charge in [0.15, 0.2) is 0 Å². The van der Waals surface area contributed by atoms with Crippen LogP contribution in [0.1, 0.15) is 11.3 Å². The molecule has 0 amide bonds. The Morgan fingerprint density at radius 2 is 2.35 bits per heavy atom. The van der Waals surface area contributed by atoms with Crippen LogP contribution in [-0.4, -0.2) is 37.3 Å². The van der Waals surface area contributed by atoms with Crippen LogP contribution in [0.3, 0.4) is 0 Å². The summed E-state index contributed by atoms with van der Waals surface area (Å²) in [6, 6.07) is 1.80. The molecule has 0 saturated carbocycles. The molecule has 0 aliphatic carbocycles. The fraction of sp³-hybridized carbons (Fsp3) is 0.600. The Morgan fingerprint density at radius 1 is 1.59 bits per heavy atom. The number of hydrogen-bond acceptors (Lipinski definition) is 4. The van der Waals surface area contributed by atoms with Crippen molar-refractivity contribution in [3.8, 4) is 0 Å². The number of nitrogens with zero attached hydrogens (tertiary/aromatic N) is 1. The normalized spacial score (nSPS) is 21.2. The van der Waals surface area contributed by atoms with E-state index in [0.29, 0.717) is 10.8 Å². The summed E-state index contributed by atoms with van der Waals surface area (Å²) in [4.78, 5) is 1.26. The largest absolute Gasteiger partial charge is 0.243 e. The highest BCUT2D eigenvalue weighted by molar-refractivity contribution is 7.99. The lowest BCUT2D eigenvalue weighted by atomic mass is 10.3. The van der Waals surface area contributed by atoms with Crippen molar-refractivity contribution in [3.63, 3.8) is 0 Å². The molecule has 0 bridgehead atoms. The van der Waals surface area contributed by atoms with Gasteiger partial charge in [0.1, 0.15) is 0 Å². The third-order valence-electron chi connectivity index (χ3n) is 2.86. The van der Waals surface area contributed by atoms with E-state index in [2.05, 4.69) is 0 Å². The Kier molecular flexibility index (Phi) is 4.41. The molecule has 0 aromatic carbocycles. The minimum Gasteiger partial charge on any atom is -0.207 e. The summed E-state index contributed by atoms with van der Waals surface area (Å²) in [5.74, 6) is 2.30.